The summed E-state index contributed by atoms with van der Waals surface area (Å²) in [5, 5.41) is 0. The summed E-state index contributed by atoms with van der Waals surface area (Å²) in [6, 6.07) is 8.43. The minimum absolute atomic E-state index is 0.180. The van der Waals surface area contributed by atoms with Gasteiger partial charge in [-0.2, -0.15) is 0 Å². The molecule has 1 aliphatic rings. The Labute approximate surface area is 165 Å². The average molecular weight is 375 g/mol. The summed E-state index contributed by atoms with van der Waals surface area (Å²) in [6.45, 7) is 11.0. The van der Waals surface area contributed by atoms with Gasteiger partial charge in [0.05, 0.1) is 12.5 Å². The van der Waals surface area contributed by atoms with Gasteiger partial charge in [-0.15, -0.1) is 0 Å². The second-order valence-electron chi connectivity index (χ2n) is 8.39. The molecule has 0 bridgehead atoms. The maximum absolute atomic E-state index is 12.2. The van der Waals surface area contributed by atoms with Gasteiger partial charge >= 0.3 is 0 Å². The minimum atomic E-state index is 0.180. The highest BCUT2D eigenvalue weighted by atomic mass is 16.5. The van der Waals surface area contributed by atoms with Crippen molar-refractivity contribution < 1.29 is 9.53 Å². The van der Waals surface area contributed by atoms with E-state index in [0.717, 1.165) is 57.3 Å². The summed E-state index contributed by atoms with van der Waals surface area (Å²) >= 11 is 0. The molecule has 4 heteroatoms. The van der Waals surface area contributed by atoms with Crippen LogP contribution in [0.4, 0.5) is 0 Å². The van der Waals surface area contributed by atoms with Crippen LogP contribution in [0.1, 0.15) is 58.4 Å². The monoisotopic (exact) mass is 374 g/mol. The van der Waals surface area contributed by atoms with Gasteiger partial charge in [0.15, 0.2) is 0 Å². The zero-order valence-corrected chi connectivity index (χ0v) is 17.7. The third kappa shape index (κ3) is 7.53. The van der Waals surface area contributed by atoms with Crippen molar-refractivity contribution in [2.75, 3.05) is 33.3 Å². The van der Waals surface area contributed by atoms with Crippen LogP contribution in [0.5, 0.6) is 5.75 Å². The molecule has 1 heterocycles. The van der Waals surface area contributed by atoms with E-state index in [1.165, 1.54) is 24.8 Å². The number of rotatable bonds is 12. The maximum Gasteiger partial charge on any atom is 0.228 e. The molecule has 0 saturated carbocycles. The van der Waals surface area contributed by atoms with Gasteiger partial charge in [0.2, 0.25) is 5.91 Å². The summed E-state index contributed by atoms with van der Waals surface area (Å²) in [5.41, 5.74) is 1.28. The molecule has 0 radical (unpaired) electrons. The van der Waals surface area contributed by atoms with E-state index in [-0.39, 0.29) is 5.92 Å². The van der Waals surface area contributed by atoms with Crippen LogP contribution < -0.4 is 4.74 Å². The summed E-state index contributed by atoms with van der Waals surface area (Å²) in [6.07, 6.45) is 6.01. The van der Waals surface area contributed by atoms with E-state index in [0.29, 0.717) is 5.91 Å². The van der Waals surface area contributed by atoms with E-state index in [1.807, 2.05) is 11.9 Å². The van der Waals surface area contributed by atoms with Crippen LogP contribution in [0.2, 0.25) is 0 Å². The van der Waals surface area contributed by atoms with Gasteiger partial charge in [-0.25, -0.2) is 0 Å². The van der Waals surface area contributed by atoms with E-state index in [9.17, 15) is 4.79 Å². The van der Waals surface area contributed by atoms with Crippen molar-refractivity contribution >= 4 is 5.91 Å². The van der Waals surface area contributed by atoms with Crippen molar-refractivity contribution in [1.82, 2.24) is 9.80 Å². The van der Waals surface area contributed by atoms with E-state index >= 15 is 0 Å². The number of likely N-dealkylation sites (tertiary alicyclic amines) is 1. The number of hydrogen-bond donors (Lipinski definition) is 0. The lowest BCUT2D eigenvalue weighted by Gasteiger charge is -2.40. The zero-order chi connectivity index (χ0) is 19.6. The molecule has 0 unspecified atom stereocenters. The van der Waals surface area contributed by atoms with Crippen LogP contribution in [-0.2, 0) is 11.3 Å². The van der Waals surface area contributed by atoms with Gasteiger partial charge in [0.1, 0.15) is 5.75 Å². The molecule has 0 spiro atoms. The van der Waals surface area contributed by atoms with E-state index in [2.05, 4.69) is 49.9 Å². The topological polar surface area (TPSA) is 32.8 Å². The quantitative estimate of drug-likeness (QED) is 0.502. The molecular weight excluding hydrogens is 336 g/mol. The molecule has 1 amide bonds. The Balaban J connectivity index is 1.62. The second kappa shape index (κ2) is 11.3. The first-order chi connectivity index (χ1) is 13.0. The Morgan fingerprint density at radius 2 is 1.89 bits per heavy atom. The van der Waals surface area contributed by atoms with Crippen LogP contribution in [0, 0.1) is 11.8 Å². The van der Waals surface area contributed by atoms with Gasteiger partial charge in [-0.05, 0) is 36.5 Å². The number of carbonyl (C=O) groups excluding carboxylic acids is 1. The van der Waals surface area contributed by atoms with Crippen molar-refractivity contribution in [2.24, 2.45) is 11.8 Å². The molecule has 1 aliphatic heterocycles. The predicted octanol–water partition coefficient (Wildman–Crippen LogP) is 4.58. The molecule has 1 aromatic carbocycles. The first-order valence-corrected chi connectivity index (χ1v) is 10.7. The highest BCUT2D eigenvalue weighted by Gasteiger charge is 2.33. The largest absolute Gasteiger partial charge is 0.494 e. The molecule has 0 N–H and O–H groups in total. The average Bonchev–Trinajstić information content (AvgIpc) is 2.61. The van der Waals surface area contributed by atoms with Crippen molar-refractivity contribution in [3.63, 3.8) is 0 Å². The molecule has 27 heavy (non-hydrogen) atoms. The van der Waals surface area contributed by atoms with Crippen LogP contribution in [0.25, 0.3) is 0 Å². The third-order valence-electron chi connectivity index (χ3n) is 5.27. The summed E-state index contributed by atoms with van der Waals surface area (Å²) in [4.78, 5) is 16.5. The van der Waals surface area contributed by atoms with Gasteiger partial charge in [0, 0.05) is 33.2 Å². The summed E-state index contributed by atoms with van der Waals surface area (Å²) < 4.78 is 5.85. The zero-order valence-electron chi connectivity index (χ0n) is 17.7. The number of amides is 1. The summed E-state index contributed by atoms with van der Waals surface area (Å²) in [7, 11) is 1.91. The number of carbonyl (C=O) groups is 1. The molecule has 4 nitrogen and oxygen atoms in total. The SMILES string of the molecule is CCCN(C)C(=O)C1CN(Cc2ccc(OCCCCCC(C)C)cc2)C1. The molecular formula is C23H38N2O2. The van der Waals surface area contributed by atoms with Crippen LogP contribution in [0.3, 0.4) is 0 Å². The van der Waals surface area contributed by atoms with Crippen molar-refractivity contribution in [2.45, 2.75) is 59.4 Å². The number of unbranched alkanes of at least 4 members (excludes halogenated alkanes) is 2. The fourth-order valence-corrected chi connectivity index (χ4v) is 3.58. The highest BCUT2D eigenvalue weighted by Crippen LogP contribution is 2.22. The number of ether oxygens (including phenoxy) is 1. The second-order valence-corrected chi connectivity index (χ2v) is 8.39. The lowest BCUT2D eigenvalue weighted by Crippen LogP contribution is -2.53. The van der Waals surface area contributed by atoms with E-state index < -0.39 is 0 Å². The van der Waals surface area contributed by atoms with Gasteiger partial charge in [-0.3, -0.25) is 9.69 Å². The van der Waals surface area contributed by atoms with Crippen LogP contribution >= 0.6 is 0 Å². The Morgan fingerprint density at radius 1 is 1.19 bits per heavy atom. The fourth-order valence-electron chi connectivity index (χ4n) is 3.58. The van der Waals surface area contributed by atoms with Gasteiger partial charge in [-0.1, -0.05) is 52.2 Å². The first kappa shape index (κ1) is 21.7. The smallest absolute Gasteiger partial charge is 0.228 e. The lowest BCUT2D eigenvalue weighted by molar-refractivity contribution is -0.140. The van der Waals surface area contributed by atoms with Crippen molar-refractivity contribution in [3.05, 3.63) is 29.8 Å². The molecule has 152 valence electrons. The molecule has 1 fully saturated rings. The standard InChI is InChI=1S/C23H38N2O2/c1-5-14-24(4)23(26)21-17-25(18-21)16-20-10-12-22(13-11-20)27-15-8-6-7-9-19(2)3/h10-13,19,21H,5-9,14-18H2,1-4H3. The lowest BCUT2D eigenvalue weighted by atomic mass is 9.97. The minimum Gasteiger partial charge on any atom is -0.494 e. The molecule has 1 aromatic rings. The molecule has 1 saturated heterocycles. The number of benzene rings is 1. The van der Waals surface area contributed by atoms with Crippen molar-refractivity contribution in [3.8, 4) is 5.75 Å². The van der Waals surface area contributed by atoms with Gasteiger partial charge < -0.3 is 9.64 Å². The Hall–Kier alpha value is -1.55. The number of hydrogen-bond acceptors (Lipinski definition) is 3. The maximum atomic E-state index is 12.2. The van der Waals surface area contributed by atoms with Crippen molar-refractivity contribution in [1.29, 1.82) is 0 Å². The molecule has 0 atom stereocenters. The Morgan fingerprint density at radius 3 is 2.52 bits per heavy atom. The Bertz CT molecular complexity index is 550. The molecule has 2 rings (SSSR count). The van der Waals surface area contributed by atoms with E-state index in [4.69, 9.17) is 4.74 Å². The molecule has 0 aliphatic carbocycles. The molecule has 0 aromatic heterocycles. The Kier molecular flexibility index (Phi) is 9.12. The van der Waals surface area contributed by atoms with Crippen LogP contribution in [0.15, 0.2) is 24.3 Å². The first-order valence-electron chi connectivity index (χ1n) is 10.7. The number of nitrogens with zero attached hydrogens (tertiary/aromatic N) is 2. The predicted molar refractivity (Wildman–Crippen MR) is 112 cm³/mol. The summed E-state index contributed by atoms with van der Waals surface area (Å²) in [5.74, 6) is 2.24. The highest BCUT2D eigenvalue weighted by molar-refractivity contribution is 5.79. The van der Waals surface area contributed by atoms with E-state index in [1.54, 1.807) is 0 Å². The van der Waals surface area contributed by atoms with Gasteiger partial charge in [0.25, 0.3) is 0 Å². The normalized spacial score (nSPS) is 15.0. The third-order valence-corrected chi connectivity index (χ3v) is 5.27. The van der Waals surface area contributed by atoms with Crippen LogP contribution in [-0.4, -0.2) is 49.0 Å². The fraction of sp³-hybridized carbons (Fsp3) is 0.696.